The molecule has 0 saturated carbocycles. The van der Waals surface area contributed by atoms with Crippen molar-refractivity contribution >= 4 is 22.9 Å². The van der Waals surface area contributed by atoms with Crippen molar-refractivity contribution in [1.29, 1.82) is 0 Å². The number of amides is 1. The van der Waals surface area contributed by atoms with Gasteiger partial charge in [0.15, 0.2) is 0 Å². The fraction of sp³-hybridized carbons (Fsp3) is 0.214. The number of carbonyl (C=O) groups is 1. The number of benzene rings is 1. The van der Waals surface area contributed by atoms with Crippen LogP contribution in [0, 0.1) is 0 Å². The minimum absolute atomic E-state index is 0.0264. The highest BCUT2D eigenvalue weighted by Gasteiger charge is 2.10. The Bertz CT molecular complexity index is 505. The molecule has 2 rings (SSSR count). The predicted molar refractivity (Wildman–Crippen MR) is 75.4 cm³/mol. The molecule has 0 aliphatic carbocycles. The largest absolute Gasteiger partial charge is 0.399 e. The molecule has 0 aliphatic rings. The van der Waals surface area contributed by atoms with Gasteiger partial charge in [-0.05, 0) is 47.0 Å². The molecule has 0 radical (unpaired) electrons. The zero-order valence-corrected chi connectivity index (χ0v) is 11.0. The zero-order valence-electron chi connectivity index (χ0n) is 10.2. The molecule has 0 saturated heterocycles. The van der Waals surface area contributed by atoms with E-state index in [2.05, 4.69) is 5.32 Å². The molecule has 1 atom stereocenters. The van der Waals surface area contributed by atoms with E-state index in [9.17, 15) is 4.79 Å². The predicted octanol–water partition coefficient (Wildman–Crippen LogP) is 2.75. The van der Waals surface area contributed by atoms with Crippen LogP contribution in [-0.4, -0.2) is 5.91 Å². The van der Waals surface area contributed by atoms with Gasteiger partial charge < -0.3 is 11.1 Å². The first kappa shape index (κ1) is 12.6. The molecule has 1 aromatic heterocycles. The Morgan fingerprint density at radius 2 is 2.06 bits per heavy atom. The van der Waals surface area contributed by atoms with Crippen LogP contribution in [0.4, 0.5) is 5.69 Å². The molecule has 1 heterocycles. The second-order valence-corrected chi connectivity index (χ2v) is 5.04. The standard InChI is InChI=1S/C14H16N2OS/c1-10(12-6-7-18-9-12)16-14(17)8-11-2-4-13(15)5-3-11/h2-7,9-10H,8,15H2,1H3,(H,16,17). The van der Waals surface area contributed by atoms with Crippen molar-refractivity contribution in [2.24, 2.45) is 0 Å². The second kappa shape index (κ2) is 5.69. The minimum Gasteiger partial charge on any atom is -0.399 e. The summed E-state index contributed by atoms with van der Waals surface area (Å²) >= 11 is 1.64. The van der Waals surface area contributed by atoms with Crippen molar-refractivity contribution in [1.82, 2.24) is 5.32 Å². The number of anilines is 1. The van der Waals surface area contributed by atoms with Crippen molar-refractivity contribution in [3.8, 4) is 0 Å². The lowest BCUT2D eigenvalue weighted by atomic mass is 10.1. The van der Waals surface area contributed by atoms with Crippen LogP contribution in [0.25, 0.3) is 0 Å². The molecule has 1 aromatic carbocycles. The van der Waals surface area contributed by atoms with Gasteiger partial charge in [0, 0.05) is 5.69 Å². The Morgan fingerprint density at radius 1 is 1.33 bits per heavy atom. The second-order valence-electron chi connectivity index (χ2n) is 4.26. The molecule has 3 nitrogen and oxygen atoms in total. The summed E-state index contributed by atoms with van der Waals surface area (Å²) in [5.74, 6) is 0.0264. The molecule has 1 unspecified atom stereocenters. The van der Waals surface area contributed by atoms with E-state index in [4.69, 9.17) is 5.73 Å². The molecule has 0 spiro atoms. The van der Waals surface area contributed by atoms with Crippen molar-refractivity contribution in [2.45, 2.75) is 19.4 Å². The SMILES string of the molecule is CC(NC(=O)Cc1ccc(N)cc1)c1ccsc1. The lowest BCUT2D eigenvalue weighted by Crippen LogP contribution is -2.27. The van der Waals surface area contributed by atoms with Crippen LogP contribution >= 0.6 is 11.3 Å². The maximum Gasteiger partial charge on any atom is 0.224 e. The van der Waals surface area contributed by atoms with Crippen LogP contribution in [0.15, 0.2) is 41.1 Å². The van der Waals surface area contributed by atoms with E-state index in [1.165, 1.54) is 0 Å². The average Bonchev–Trinajstić information content (AvgIpc) is 2.85. The van der Waals surface area contributed by atoms with E-state index in [1.54, 1.807) is 11.3 Å². The molecule has 4 heteroatoms. The molecule has 1 amide bonds. The number of nitrogens with one attached hydrogen (secondary N) is 1. The number of rotatable bonds is 4. The molecule has 2 aromatic rings. The Kier molecular flexibility index (Phi) is 3.99. The molecule has 3 N–H and O–H groups in total. The van der Waals surface area contributed by atoms with Crippen LogP contribution in [0.1, 0.15) is 24.1 Å². The van der Waals surface area contributed by atoms with Crippen LogP contribution in [0.3, 0.4) is 0 Å². The third-order valence-corrected chi connectivity index (χ3v) is 3.47. The van der Waals surface area contributed by atoms with E-state index in [0.29, 0.717) is 12.1 Å². The number of thiophene rings is 1. The van der Waals surface area contributed by atoms with Crippen LogP contribution in [0.2, 0.25) is 0 Å². The zero-order chi connectivity index (χ0) is 13.0. The van der Waals surface area contributed by atoms with Gasteiger partial charge in [0.1, 0.15) is 0 Å². The summed E-state index contributed by atoms with van der Waals surface area (Å²) < 4.78 is 0. The number of carbonyl (C=O) groups excluding carboxylic acids is 1. The first-order valence-corrected chi connectivity index (χ1v) is 6.75. The summed E-state index contributed by atoms with van der Waals surface area (Å²) in [6.07, 6.45) is 0.384. The highest BCUT2D eigenvalue weighted by atomic mass is 32.1. The van der Waals surface area contributed by atoms with Gasteiger partial charge in [-0.25, -0.2) is 0 Å². The third kappa shape index (κ3) is 3.34. The summed E-state index contributed by atoms with van der Waals surface area (Å²) in [4.78, 5) is 11.9. The first-order chi connectivity index (χ1) is 8.65. The first-order valence-electron chi connectivity index (χ1n) is 5.81. The smallest absolute Gasteiger partial charge is 0.224 e. The normalized spacial score (nSPS) is 12.1. The van der Waals surface area contributed by atoms with Gasteiger partial charge in [-0.15, -0.1) is 0 Å². The summed E-state index contributed by atoms with van der Waals surface area (Å²) in [7, 11) is 0. The Hall–Kier alpha value is -1.81. The Morgan fingerprint density at radius 3 is 2.67 bits per heavy atom. The Labute approximate surface area is 111 Å². The fourth-order valence-electron chi connectivity index (χ4n) is 1.72. The van der Waals surface area contributed by atoms with Gasteiger partial charge in [-0.1, -0.05) is 12.1 Å². The van der Waals surface area contributed by atoms with Crippen LogP contribution in [-0.2, 0) is 11.2 Å². The van der Waals surface area contributed by atoms with Crippen molar-refractivity contribution < 1.29 is 4.79 Å². The molecule has 0 bridgehead atoms. The highest BCUT2D eigenvalue weighted by Crippen LogP contribution is 2.15. The van der Waals surface area contributed by atoms with Crippen molar-refractivity contribution in [2.75, 3.05) is 5.73 Å². The molecular weight excluding hydrogens is 244 g/mol. The van der Waals surface area contributed by atoms with Crippen molar-refractivity contribution in [3.05, 3.63) is 52.2 Å². The average molecular weight is 260 g/mol. The van der Waals surface area contributed by atoms with Crippen LogP contribution in [0.5, 0.6) is 0 Å². The topological polar surface area (TPSA) is 55.1 Å². The van der Waals surface area contributed by atoms with E-state index in [-0.39, 0.29) is 11.9 Å². The van der Waals surface area contributed by atoms with Gasteiger partial charge in [-0.3, -0.25) is 4.79 Å². The summed E-state index contributed by atoms with van der Waals surface area (Å²) in [6, 6.07) is 9.46. The third-order valence-electron chi connectivity index (χ3n) is 2.77. The lowest BCUT2D eigenvalue weighted by Gasteiger charge is -2.12. The van der Waals surface area contributed by atoms with Gasteiger partial charge in [0.05, 0.1) is 12.5 Å². The van der Waals surface area contributed by atoms with Crippen molar-refractivity contribution in [3.63, 3.8) is 0 Å². The van der Waals surface area contributed by atoms with E-state index in [1.807, 2.05) is 48.0 Å². The Balaban J connectivity index is 1.91. The molecular formula is C14H16N2OS. The molecule has 0 aliphatic heterocycles. The molecule has 94 valence electrons. The summed E-state index contributed by atoms with van der Waals surface area (Å²) in [6.45, 7) is 1.99. The van der Waals surface area contributed by atoms with Gasteiger partial charge in [-0.2, -0.15) is 11.3 Å². The van der Waals surface area contributed by atoms with Crippen LogP contribution < -0.4 is 11.1 Å². The van der Waals surface area contributed by atoms with Gasteiger partial charge in [0.25, 0.3) is 0 Å². The van der Waals surface area contributed by atoms with E-state index >= 15 is 0 Å². The monoisotopic (exact) mass is 260 g/mol. The summed E-state index contributed by atoms with van der Waals surface area (Å²) in [5.41, 5.74) is 8.43. The van der Waals surface area contributed by atoms with E-state index < -0.39 is 0 Å². The lowest BCUT2D eigenvalue weighted by molar-refractivity contribution is -0.121. The number of hydrogen-bond acceptors (Lipinski definition) is 3. The van der Waals surface area contributed by atoms with Gasteiger partial charge >= 0.3 is 0 Å². The number of hydrogen-bond donors (Lipinski definition) is 2. The molecule has 0 fully saturated rings. The number of nitrogen functional groups attached to an aromatic ring is 1. The molecule has 18 heavy (non-hydrogen) atoms. The maximum atomic E-state index is 11.9. The quantitative estimate of drug-likeness (QED) is 0.830. The highest BCUT2D eigenvalue weighted by molar-refractivity contribution is 7.07. The van der Waals surface area contributed by atoms with Gasteiger partial charge in [0.2, 0.25) is 5.91 Å². The van der Waals surface area contributed by atoms with E-state index in [0.717, 1.165) is 11.1 Å². The maximum absolute atomic E-state index is 11.9. The fourth-order valence-corrected chi connectivity index (χ4v) is 2.47. The minimum atomic E-state index is 0.0264. The number of nitrogens with two attached hydrogens (primary N) is 1. The summed E-state index contributed by atoms with van der Waals surface area (Å²) in [5, 5.41) is 7.04.